The first kappa shape index (κ1) is 28.7. The molecule has 0 saturated carbocycles. The largest absolute Gasteiger partial charge is 0.497 e. The summed E-state index contributed by atoms with van der Waals surface area (Å²) in [6, 6.07) is 15.8. The molecule has 1 atom stereocenters. The number of nitrogens with one attached hydrogen (secondary N) is 1. The molecule has 40 heavy (non-hydrogen) atoms. The highest BCUT2D eigenvalue weighted by molar-refractivity contribution is 7.51. The number of ether oxygens (including phenoxy) is 1. The summed E-state index contributed by atoms with van der Waals surface area (Å²) in [5.41, 5.74) is 1.59. The smallest absolute Gasteiger partial charge is 0.407 e. The van der Waals surface area contributed by atoms with Crippen LogP contribution in [0.25, 0.3) is 22.6 Å². The van der Waals surface area contributed by atoms with Crippen molar-refractivity contribution < 1.29 is 38.6 Å². The lowest BCUT2D eigenvalue weighted by Crippen LogP contribution is -2.56. The predicted molar refractivity (Wildman–Crippen MR) is 144 cm³/mol. The van der Waals surface area contributed by atoms with Crippen LogP contribution in [-0.4, -0.2) is 98.1 Å². The van der Waals surface area contributed by atoms with Crippen LogP contribution < -0.4 is 10.1 Å². The second-order valence-electron chi connectivity index (χ2n) is 9.02. The van der Waals surface area contributed by atoms with Crippen LogP contribution in [0, 0.1) is 0 Å². The number of aromatic nitrogens is 2. The molecule has 0 spiro atoms. The molecule has 1 aliphatic heterocycles. The molecule has 210 valence electrons. The van der Waals surface area contributed by atoms with E-state index in [1.54, 1.807) is 48.5 Å². The summed E-state index contributed by atoms with van der Waals surface area (Å²) < 4.78 is 17.1. The van der Waals surface area contributed by atoms with Gasteiger partial charge < -0.3 is 34.7 Å². The molecule has 14 heteroatoms. The summed E-state index contributed by atoms with van der Waals surface area (Å²) in [5, 5.41) is 11.6. The Bertz CT molecular complexity index is 1420. The van der Waals surface area contributed by atoms with Gasteiger partial charge in [-0.15, -0.1) is 0 Å². The average molecular weight is 570 g/mol. The summed E-state index contributed by atoms with van der Waals surface area (Å²) in [5.74, 6) is -0.691. The zero-order valence-corrected chi connectivity index (χ0v) is 22.4. The number of hydrogen-bond acceptors (Lipinski definition) is 7. The number of carboxylic acid groups (broad SMARTS) is 1. The van der Waals surface area contributed by atoms with Gasteiger partial charge in [0.15, 0.2) is 5.82 Å². The van der Waals surface area contributed by atoms with Crippen LogP contribution in [0.2, 0.25) is 0 Å². The van der Waals surface area contributed by atoms with Crippen LogP contribution in [-0.2, 0) is 9.36 Å². The Balaban J connectivity index is 1.64. The Morgan fingerprint density at radius 2 is 1.57 bits per heavy atom. The van der Waals surface area contributed by atoms with Crippen molar-refractivity contribution in [3.8, 4) is 28.4 Å². The van der Waals surface area contributed by atoms with Crippen molar-refractivity contribution in [1.29, 1.82) is 0 Å². The van der Waals surface area contributed by atoms with E-state index in [1.807, 2.05) is 6.07 Å². The van der Waals surface area contributed by atoms with Gasteiger partial charge in [0, 0.05) is 37.3 Å². The van der Waals surface area contributed by atoms with Gasteiger partial charge in [0.05, 0.1) is 19.0 Å². The van der Waals surface area contributed by atoms with Crippen molar-refractivity contribution in [3.05, 3.63) is 66.4 Å². The Morgan fingerprint density at radius 1 is 0.950 bits per heavy atom. The van der Waals surface area contributed by atoms with E-state index in [-0.39, 0.29) is 37.7 Å². The van der Waals surface area contributed by atoms with Crippen molar-refractivity contribution in [3.63, 3.8) is 0 Å². The zero-order valence-electron chi connectivity index (χ0n) is 21.5. The lowest BCUT2D eigenvalue weighted by molar-refractivity contribution is -0.134. The van der Waals surface area contributed by atoms with E-state index in [1.165, 1.54) is 18.1 Å². The molecule has 4 N–H and O–H groups in total. The van der Waals surface area contributed by atoms with Crippen molar-refractivity contribution >= 4 is 25.5 Å². The maximum Gasteiger partial charge on any atom is 0.407 e. The molecule has 3 amide bonds. The molecule has 0 radical (unpaired) electrons. The van der Waals surface area contributed by atoms with Crippen LogP contribution in [0.3, 0.4) is 0 Å². The maximum atomic E-state index is 13.4. The van der Waals surface area contributed by atoms with Gasteiger partial charge in [-0.05, 0) is 30.3 Å². The number of methoxy groups -OCH3 is 1. The maximum absolute atomic E-state index is 13.4. The van der Waals surface area contributed by atoms with Crippen LogP contribution in [0.4, 0.5) is 4.79 Å². The van der Waals surface area contributed by atoms with Crippen LogP contribution >= 0.6 is 7.60 Å². The van der Waals surface area contributed by atoms with Gasteiger partial charge in [0.25, 0.3) is 5.91 Å². The topological polar surface area (TPSA) is 182 Å². The van der Waals surface area contributed by atoms with Gasteiger partial charge in [-0.2, -0.15) is 0 Å². The lowest BCUT2D eigenvalue weighted by atomic mass is 10.1. The Morgan fingerprint density at radius 3 is 2.15 bits per heavy atom. The first-order chi connectivity index (χ1) is 19.0. The van der Waals surface area contributed by atoms with E-state index < -0.39 is 37.7 Å². The van der Waals surface area contributed by atoms with Crippen molar-refractivity contribution in [2.24, 2.45) is 0 Å². The molecule has 0 aliphatic carbocycles. The molecule has 13 nitrogen and oxygen atoms in total. The highest BCUT2D eigenvalue weighted by atomic mass is 31.2. The third-order valence-corrected chi connectivity index (χ3v) is 7.10. The minimum absolute atomic E-state index is 0.0198. The predicted octanol–water partition coefficient (Wildman–Crippen LogP) is 1.92. The highest BCUT2D eigenvalue weighted by Crippen LogP contribution is 2.35. The second-order valence-corrected chi connectivity index (χ2v) is 10.7. The molecule has 2 heterocycles. The molecule has 3 aromatic rings. The minimum Gasteiger partial charge on any atom is -0.497 e. The normalized spacial score (nSPS) is 14.4. The zero-order chi connectivity index (χ0) is 28.9. The number of carbonyl (C=O) groups excluding carboxylic acids is 2. The van der Waals surface area contributed by atoms with Gasteiger partial charge in [0.2, 0.25) is 5.91 Å². The van der Waals surface area contributed by atoms with Gasteiger partial charge in [-0.3, -0.25) is 14.2 Å². The summed E-state index contributed by atoms with van der Waals surface area (Å²) in [6.45, 7) is 0.113. The van der Waals surface area contributed by atoms with Gasteiger partial charge in [-0.1, -0.05) is 30.3 Å². The van der Waals surface area contributed by atoms with Crippen LogP contribution in [0.1, 0.15) is 10.5 Å². The second kappa shape index (κ2) is 12.2. The average Bonchev–Trinajstić information content (AvgIpc) is 2.96. The van der Waals surface area contributed by atoms with Crippen molar-refractivity contribution in [2.75, 3.05) is 39.5 Å². The van der Waals surface area contributed by atoms with Crippen LogP contribution in [0.5, 0.6) is 5.75 Å². The molecule has 0 unspecified atom stereocenters. The number of benzene rings is 2. The lowest BCUT2D eigenvalue weighted by Gasteiger charge is -2.35. The summed E-state index contributed by atoms with van der Waals surface area (Å²) in [7, 11) is -3.20. The first-order valence-electron chi connectivity index (χ1n) is 12.2. The number of hydrogen-bond donors (Lipinski definition) is 4. The van der Waals surface area contributed by atoms with Gasteiger partial charge >= 0.3 is 13.7 Å². The SMILES string of the molecule is COc1ccc(-c2cc(C(=O)N[C@@H](CP(=O)(O)O)C(=O)N3CCN(C(=O)O)CC3)nc(-c3ccccc3)n2)cc1. The van der Waals surface area contributed by atoms with Crippen LogP contribution in [0.15, 0.2) is 60.7 Å². The first-order valence-corrected chi connectivity index (χ1v) is 14.0. The number of piperazine rings is 1. The third kappa shape index (κ3) is 7.20. The molecule has 1 aliphatic rings. The van der Waals surface area contributed by atoms with E-state index in [2.05, 4.69) is 15.3 Å². The van der Waals surface area contributed by atoms with E-state index in [9.17, 15) is 28.7 Å². The standard InChI is InChI=1S/C26H28N5O8P/c1-39-19-9-7-17(8-10-19)20-15-21(28-23(27-20)18-5-3-2-4-6-18)24(32)29-22(16-40(36,37)38)25(33)30-11-13-31(14-12-30)26(34)35/h2-10,15,22H,11-14,16H2,1H3,(H,29,32)(H,34,35)(H2,36,37,38)/t22-/m0/s1. The van der Waals surface area contributed by atoms with E-state index >= 15 is 0 Å². The van der Waals surface area contributed by atoms with Crippen molar-refractivity contribution in [2.45, 2.75) is 6.04 Å². The Labute approximate surface area is 229 Å². The van der Waals surface area contributed by atoms with Crippen molar-refractivity contribution in [1.82, 2.24) is 25.1 Å². The van der Waals surface area contributed by atoms with E-state index in [4.69, 9.17) is 9.84 Å². The monoisotopic (exact) mass is 569 g/mol. The highest BCUT2D eigenvalue weighted by Gasteiger charge is 2.34. The fraction of sp³-hybridized carbons (Fsp3) is 0.269. The fourth-order valence-corrected chi connectivity index (χ4v) is 4.91. The number of carbonyl (C=O) groups is 3. The molecular weight excluding hydrogens is 541 g/mol. The minimum atomic E-state index is -4.74. The number of nitrogens with zero attached hydrogens (tertiary/aromatic N) is 4. The summed E-state index contributed by atoms with van der Waals surface area (Å²) in [6.07, 6.45) is -2.06. The van der Waals surface area contributed by atoms with Gasteiger partial charge in [0.1, 0.15) is 17.5 Å². The molecular formula is C26H28N5O8P. The van der Waals surface area contributed by atoms with Gasteiger partial charge in [-0.25, -0.2) is 14.8 Å². The number of amides is 3. The molecule has 1 saturated heterocycles. The van der Waals surface area contributed by atoms with E-state index in [0.29, 0.717) is 22.6 Å². The summed E-state index contributed by atoms with van der Waals surface area (Å²) >= 11 is 0. The summed E-state index contributed by atoms with van der Waals surface area (Å²) in [4.78, 5) is 68.4. The Kier molecular flexibility index (Phi) is 8.78. The van der Waals surface area contributed by atoms with E-state index in [0.717, 1.165) is 4.90 Å². The Hall–Kier alpha value is -4.32. The third-order valence-electron chi connectivity index (χ3n) is 6.26. The molecule has 0 bridgehead atoms. The quantitative estimate of drug-likeness (QED) is 0.293. The molecule has 1 aromatic heterocycles. The molecule has 2 aromatic carbocycles. The number of rotatable bonds is 8. The molecule has 1 fully saturated rings. The molecule has 4 rings (SSSR count). The fourth-order valence-electron chi connectivity index (χ4n) is 4.18.